The van der Waals surface area contributed by atoms with E-state index in [2.05, 4.69) is 15.5 Å². The molecule has 6 nitrogen and oxygen atoms in total. The van der Waals surface area contributed by atoms with Crippen molar-refractivity contribution in [3.63, 3.8) is 0 Å². The van der Waals surface area contributed by atoms with Crippen molar-refractivity contribution < 1.29 is 9.59 Å². The molecule has 0 saturated heterocycles. The number of Topliss-reactive ketones (excluding diaryl/α,β-unsaturated/α-hetero) is 1. The smallest absolute Gasteiger partial charge is 0.273 e. The fourth-order valence-corrected chi connectivity index (χ4v) is 1.43. The molecule has 0 aliphatic carbocycles. The van der Waals surface area contributed by atoms with Crippen molar-refractivity contribution in [2.45, 2.75) is 0 Å². The fraction of sp³-hybridized carbons (Fsp3) is 0.167. The predicted octanol–water partition coefficient (Wildman–Crippen LogP) is 0.428. The highest BCUT2D eigenvalue weighted by Gasteiger charge is 2.11. The Bertz CT molecular complexity index is 562. The largest absolute Gasteiger partial charge is 0.343 e. The molecule has 1 heterocycles. The maximum atomic E-state index is 11.7. The topological polar surface area (TPSA) is 76.9 Å². The summed E-state index contributed by atoms with van der Waals surface area (Å²) < 4.78 is 0. The molecule has 0 fully saturated rings. The summed E-state index contributed by atoms with van der Waals surface area (Å²) in [6.07, 6.45) is 1.35. The Labute approximate surface area is 104 Å². The molecule has 0 atom stereocenters. The van der Waals surface area contributed by atoms with Crippen molar-refractivity contribution in [1.82, 2.24) is 20.3 Å². The summed E-state index contributed by atoms with van der Waals surface area (Å²) in [5.74, 6) is -0.555. The normalized spacial score (nSPS) is 10.1. The fourth-order valence-electron chi connectivity index (χ4n) is 1.43. The zero-order valence-corrected chi connectivity index (χ0v) is 9.83. The Kier molecular flexibility index (Phi) is 3.47. The van der Waals surface area contributed by atoms with Crippen LogP contribution in [-0.4, -0.2) is 33.2 Å². The van der Waals surface area contributed by atoms with Gasteiger partial charge in [0.15, 0.2) is 11.5 Å². The molecule has 1 aromatic heterocycles. The molecule has 0 aliphatic rings. The van der Waals surface area contributed by atoms with E-state index in [1.54, 1.807) is 31.3 Å². The van der Waals surface area contributed by atoms with E-state index >= 15 is 0 Å². The van der Waals surface area contributed by atoms with Crippen molar-refractivity contribution in [1.29, 1.82) is 0 Å². The third-order valence-electron chi connectivity index (χ3n) is 2.34. The van der Waals surface area contributed by atoms with Crippen LogP contribution in [0.1, 0.15) is 20.8 Å². The van der Waals surface area contributed by atoms with Gasteiger partial charge >= 0.3 is 0 Å². The van der Waals surface area contributed by atoms with E-state index in [9.17, 15) is 9.59 Å². The monoisotopic (exact) mass is 244 g/mol. The SMILES string of the molecule is Cn1ncc(C(=O)NCC(=O)c2ccccc2)n1. The number of aryl methyl sites for hydroxylation is 1. The number of ketones is 1. The van der Waals surface area contributed by atoms with Gasteiger partial charge in [0.2, 0.25) is 0 Å². The molecule has 2 aromatic rings. The van der Waals surface area contributed by atoms with Crippen molar-refractivity contribution in [2.75, 3.05) is 6.54 Å². The van der Waals surface area contributed by atoms with E-state index in [1.165, 1.54) is 11.0 Å². The van der Waals surface area contributed by atoms with Crippen LogP contribution in [0.25, 0.3) is 0 Å². The average molecular weight is 244 g/mol. The molecular formula is C12H12N4O2. The van der Waals surface area contributed by atoms with Gasteiger partial charge in [-0.25, -0.2) is 0 Å². The standard InChI is InChI=1S/C12H12N4O2/c1-16-14-7-10(15-16)12(18)13-8-11(17)9-5-3-2-4-6-9/h2-7H,8H2,1H3,(H,13,18). The summed E-state index contributed by atoms with van der Waals surface area (Å²) in [6, 6.07) is 8.79. The number of benzene rings is 1. The second-order valence-electron chi connectivity index (χ2n) is 3.69. The zero-order valence-electron chi connectivity index (χ0n) is 9.83. The predicted molar refractivity (Wildman–Crippen MR) is 64.1 cm³/mol. The van der Waals surface area contributed by atoms with Crippen LogP contribution >= 0.6 is 0 Å². The number of amides is 1. The molecule has 1 amide bonds. The maximum absolute atomic E-state index is 11.7. The van der Waals surface area contributed by atoms with Gasteiger partial charge in [-0.2, -0.15) is 9.90 Å². The minimum Gasteiger partial charge on any atom is -0.343 e. The molecule has 0 radical (unpaired) electrons. The van der Waals surface area contributed by atoms with Crippen molar-refractivity contribution in [3.8, 4) is 0 Å². The highest BCUT2D eigenvalue weighted by Crippen LogP contribution is 1.99. The first kappa shape index (κ1) is 12.0. The Morgan fingerprint density at radius 2 is 2.00 bits per heavy atom. The van der Waals surface area contributed by atoms with Gasteiger partial charge < -0.3 is 5.32 Å². The molecule has 0 spiro atoms. The van der Waals surface area contributed by atoms with E-state index in [1.807, 2.05) is 6.07 Å². The molecule has 92 valence electrons. The summed E-state index contributed by atoms with van der Waals surface area (Å²) >= 11 is 0. The van der Waals surface area contributed by atoms with Gasteiger partial charge in [0.1, 0.15) is 0 Å². The van der Waals surface area contributed by atoms with Gasteiger partial charge in [-0.3, -0.25) is 9.59 Å². The van der Waals surface area contributed by atoms with Crippen LogP contribution in [0, 0.1) is 0 Å². The van der Waals surface area contributed by atoms with E-state index in [0.717, 1.165) is 0 Å². The molecule has 0 bridgehead atoms. The van der Waals surface area contributed by atoms with Gasteiger partial charge in [-0.05, 0) is 0 Å². The Balaban J connectivity index is 1.92. The molecule has 2 rings (SSSR count). The van der Waals surface area contributed by atoms with Crippen LogP contribution in [0.4, 0.5) is 0 Å². The van der Waals surface area contributed by atoms with Gasteiger partial charge in [0, 0.05) is 12.6 Å². The van der Waals surface area contributed by atoms with Crippen LogP contribution in [0.3, 0.4) is 0 Å². The van der Waals surface area contributed by atoms with E-state index in [4.69, 9.17) is 0 Å². The maximum Gasteiger partial charge on any atom is 0.273 e. The number of hydrogen-bond donors (Lipinski definition) is 1. The van der Waals surface area contributed by atoms with E-state index < -0.39 is 5.91 Å². The molecule has 6 heteroatoms. The molecule has 0 aliphatic heterocycles. The first-order valence-electron chi connectivity index (χ1n) is 5.39. The zero-order chi connectivity index (χ0) is 13.0. The third-order valence-corrected chi connectivity index (χ3v) is 2.34. The Morgan fingerprint density at radius 1 is 1.28 bits per heavy atom. The second-order valence-corrected chi connectivity index (χ2v) is 3.69. The number of hydrogen-bond acceptors (Lipinski definition) is 4. The van der Waals surface area contributed by atoms with Crippen molar-refractivity contribution >= 4 is 11.7 Å². The minimum atomic E-state index is -0.410. The van der Waals surface area contributed by atoms with Gasteiger partial charge in [-0.15, -0.1) is 5.10 Å². The van der Waals surface area contributed by atoms with Crippen LogP contribution in [0.15, 0.2) is 36.5 Å². The summed E-state index contributed by atoms with van der Waals surface area (Å²) in [4.78, 5) is 24.6. The minimum absolute atomic E-state index is 0.0561. The lowest BCUT2D eigenvalue weighted by Crippen LogP contribution is -2.29. The lowest BCUT2D eigenvalue weighted by Gasteiger charge is -2.02. The van der Waals surface area contributed by atoms with Crippen molar-refractivity contribution in [2.24, 2.45) is 7.05 Å². The number of carbonyl (C=O) groups is 2. The molecule has 0 saturated carbocycles. The summed E-state index contributed by atoms with van der Waals surface area (Å²) in [5.41, 5.74) is 0.760. The Hall–Kier alpha value is -2.50. The number of nitrogens with one attached hydrogen (secondary N) is 1. The molecule has 1 N–H and O–H groups in total. The third kappa shape index (κ3) is 2.79. The number of rotatable bonds is 4. The van der Waals surface area contributed by atoms with Gasteiger partial charge in [0.25, 0.3) is 5.91 Å². The summed E-state index contributed by atoms with van der Waals surface area (Å²) in [6.45, 7) is -0.0561. The van der Waals surface area contributed by atoms with Gasteiger partial charge in [0.05, 0.1) is 12.7 Å². The summed E-state index contributed by atoms with van der Waals surface area (Å²) in [5, 5.41) is 10.1. The molecule has 0 unspecified atom stereocenters. The van der Waals surface area contributed by atoms with Crippen LogP contribution in [-0.2, 0) is 7.05 Å². The number of carbonyl (C=O) groups excluding carboxylic acids is 2. The molecular weight excluding hydrogens is 232 g/mol. The van der Waals surface area contributed by atoms with Gasteiger partial charge in [-0.1, -0.05) is 30.3 Å². The molecule has 18 heavy (non-hydrogen) atoms. The van der Waals surface area contributed by atoms with Crippen molar-refractivity contribution in [3.05, 3.63) is 47.8 Å². The lowest BCUT2D eigenvalue weighted by molar-refractivity contribution is 0.0900. The molecule has 1 aromatic carbocycles. The van der Waals surface area contributed by atoms with E-state index in [0.29, 0.717) is 5.56 Å². The van der Waals surface area contributed by atoms with Crippen LogP contribution < -0.4 is 5.32 Å². The lowest BCUT2D eigenvalue weighted by atomic mass is 10.1. The highest BCUT2D eigenvalue weighted by atomic mass is 16.2. The van der Waals surface area contributed by atoms with Crippen LogP contribution in [0.2, 0.25) is 0 Å². The second kappa shape index (κ2) is 5.22. The number of aromatic nitrogens is 3. The van der Waals surface area contributed by atoms with Crippen LogP contribution in [0.5, 0.6) is 0 Å². The first-order valence-corrected chi connectivity index (χ1v) is 5.39. The highest BCUT2D eigenvalue weighted by molar-refractivity contribution is 6.01. The first-order chi connectivity index (χ1) is 8.66. The quantitative estimate of drug-likeness (QED) is 0.791. The number of nitrogens with zero attached hydrogens (tertiary/aromatic N) is 3. The average Bonchev–Trinajstić information content (AvgIpc) is 2.83. The summed E-state index contributed by atoms with van der Waals surface area (Å²) in [7, 11) is 1.62. The van der Waals surface area contributed by atoms with E-state index in [-0.39, 0.29) is 18.0 Å². The Morgan fingerprint density at radius 3 is 2.61 bits per heavy atom.